The minimum Gasteiger partial charge on any atom is -0.507 e. The van der Waals surface area contributed by atoms with Gasteiger partial charge in [-0.2, -0.15) is 0 Å². The monoisotopic (exact) mass is 272 g/mol. The van der Waals surface area contributed by atoms with Crippen molar-refractivity contribution in [3.63, 3.8) is 0 Å². The fourth-order valence-electron chi connectivity index (χ4n) is 2.05. The lowest BCUT2D eigenvalue weighted by atomic mass is 9.94. The summed E-state index contributed by atoms with van der Waals surface area (Å²) < 4.78 is 0. The van der Waals surface area contributed by atoms with Crippen molar-refractivity contribution >= 4 is 12.8 Å². The second-order valence-electron chi connectivity index (χ2n) is 4.27. The SMILES string of the molecule is C=O.Cc1cccc(-c2cccc(C)c2C(=O)O)c1O. The van der Waals surface area contributed by atoms with Crippen LogP contribution in [0.4, 0.5) is 0 Å². The summed E-state index contributed by atoms with van der Waals surface area (Å²) in [5.41, 5.74) is 2.74. The van der Waals surface area contributed by atoms with E-state index >= 15 is 0 Å². The molecule has 0 aliphatic rings. The van der Waals surface area contributed by atoms with Gasteiger partial charge < -0.3 is 15.0 Å². The quantitative estimate of drug-likeness (QED) is 0.880. The zero-order chi connectivity index (χ0) is 15.3. The third-order valence-corrected chi connectivity index (χ3v) is 3.01. The van der Waals surface area contributed by atoms with Gasteiger partial charge in [-0.3, -0.25) is 0 Å². The van der Waals surface area contributed by atoms with E-state index in [-0.39, 0.29) is 11.3 Å². The van der Waals surface area contributed by atoms with E-state index in [1.54, 1.807) is 50.2 Å². The normalized spacial score (nSPS) is 9.50. The minimum atomic E-state index is -0.982. The van der Waals surface area contributed by atoms with Crippen molar-refractivity contribution in [2.45, 2.75) is 13.8 Å². The number of carboxylic acid groups (broad SMARTS) is 1. The van der Waals surface area contributed by atoms with Crippen LogP contribution in [0.15, 0.2) is 36.4 Å². The van der Waals surface area contributed by atoms with E-state index in [0.717, 1.165) is 5.56 Å². The maximum absolute atomic E-state index is 11.3. The van der Waals surface area contributed by atoms with Crippen molar-refractivity contribution in [3.05, 3.63) is 53.1 Å². The molecule has 0 fully saturated rings. The van der Waals surface area contributed by atoms with Gasteiger partial charge >= 0.3 is 5.97 Å². The van der Waals surface area contributed by atoms with E-state index in [1.165, 1.54) is 0 Å². The second kappa shape index (κ2) is 6.52. The zero-order valence-corrected chi connectivity index (χ0v) is 11.4. The van der Waals surface area contributed by atoms with Crippen LogP contribution in [0, 0.1) is 13.8 Å². The van der Waals surface area contributed by atoms with E-state index in [4.69, 9.17) is 4.79 Å². The van der Waals surface area contributed by atoms with Crippen LogP contribution in [0.2, 0.25) is 0 Å². The van der Waals surface area contributed by atoms with Crippen molar-refractivity contribution in [1.29, 1.82) is 0 Å². The van der Waals surface area contributed by atoms with Crippen LogP contribution in [0.3, 0.4) is 0 Å². The molecule has 0 amide bonds. The number of aryl methyl sites for hydroxylation is 2. The highest BCUT2D eigenvalue weighted by molar-refractivity contribution is 5.98. The number of hydrogen-bond donors (Lipinski definition) is 2. The number of hydrogen-bond acceptors (Lipinski definition) is 3. The molecule has 2 N–H and O–H groups in total. The number of aromatic hydroxyl groups is 1. The van der Waals surface area contributed by atoms with Gasteiger partial charge in [0, 0.05) is 11.1 Å². The highest BCUT2D eigenvalue weighted by atomic mass is 16.4. The first-order chi connectivity index (χ1) is 9.52. The molecule has 0 spiro atoms. The van der Waals surface area contributed by atoms with Crippen molar-refractivity contribution in [2.75, 3.05) is 0 Å². The standard InChI is InChI=1S/C15H14O3.CH2O/c1-9-5-3-7-11(13(9)15(17)18)12-8-4-6-10(2)14(12)16;1-2/h3-8,16H,1-2H3,(H,17,18);1H2. The van der Waals surface area contributed by atoms with Gasteiger partial charge in [0.1, 0.15) is 12.5 Å². The van der Waals surface area contributed by atoms with Crippen LogP contribution in [-0.2, 0) is 4.79 Å². The summed E-state index contributed by atoms with van der Waals surface area (Å²) in [5.74, 6) is -0.852. The molecule has 0 saturated heterocycles. The molecule has 0 aliphatic carbocycles. The lowest BCUT2D eigenvalue weighted by molar-refractivity contribution is -0.0980. The van der Waals surface area contributed by atoms with Crippen molar-refractivity contribution < 1.29 is 19.8 Å². The summed E-state index contributed by atoms with van der Waals surface area (Å²) in [4.78, 5) is 19.3. The van der Waals surface area contributed by atoms with Crippen LogP contribution >= 0.6 is 0 Å². The molecule has 0 saturated carbocycles. The number of rotatable bonds is 2. The summed E-state index contributed by atoms with van der Waals surface area (Å²) in [7, 11) is 0. The van der Waals surface area contributed by atoms with Crippen LogP contribution in [-0.4, -0.2) is 23.0 Å². The fraction of sp³-hybridized carbons (Fsp3) is 0.125. The van der Waals surface area contributed by atoms with Gasteiger partial charge in [-0.1, -0.05) is 36.4 Å². The Morgan fingerprint density at radius 3 is 2.00 bits per heavy atom. The number of carboxylic acids is 1. The van der Waals surface area contributed by atoms with E-state index in [0.29, 0.717) is 16.7 Å². The van der Waals surface area contributed by atoms with E-state index in [2.05, 4.69) is 0 Å². The molecule has 20 heavy (non-hydrogen) atoms. The predicted octanol–water partition coefficient (Wildman–Crippen LogP) is 3.19. The Morgan fingerprint density at radius 2 is 1.45 bits per heavy atom. The highest BCUT2D eigenvalue weighted by Crippen LogP contribution is 2.34. The van der Waals surface area contributed by atoms with Crippen LogP contribution in [0.25, 0.3) is 11.1 Å². The van der Waals surface area contributed by atoms with Gasteiger partial charge in [0.15, 0.2) is 0 Å². The fourth-order valence-corrected chi connectivity index (χ4v) is 2.05. The molecule has 2 rings (SSSR count). The van der Waals surface area contributed by atoms with E-state index in [9.17, 15) is 15.0 Å². The number of carbonyl (C=O) groups excluding carboxylic acids is 1. The summed E-state index contributed by atoms with van der Waals surface area (Å²) in [6.45, 7) is 5.54. The van der Waals surface area contributed by atoms with Gasteiger partial charge in [-0.05, 0) is 25.0 Å². The van der Waals surface area contributed by atoms with Crippen LogP contribution in [0.1, 0.15) is 21.5 Å². The Bertz CT molecular complexity index is 632. The molecule has 0 radical (unpaired) electrons. The molecule has 0 heterocycles. The third kappa shape index (κ3) is 2.85. The molecule has 2 aromatic rings. The van der Waals surface area contributed by atoms with Gasteiger partial charge in [-0.25, -0.2) is 4.79 Å². The maximum Gasteiger partial charge on any atom is 0.336 e. The Kier molecular flexibility index (Phi) is 5.03. The summed E-state index contributed by atoms with van der Waals surface area (Å²) in [6.07, 6.45) is 0. The predicted molar refractivity (Wildman–Crippen MR) is 77.1 cm³/mol. The zero-order valence-electron chi connectivity index (χ0n) is 11.4. The van der Waals surface area contributed by atoms with E-state index in [1.807, 2.05) is 6.79 Å². The minimum absolute atomic E-state index is 0.130. The van der Waals surface area contributed by atoms with Crippen LogP contribution in [0.5, 0.6) is 5.75 Å². The van der Waals surface area contributed by atoms with Gasteiger partial charge in [-0.15, -0.1) is 0 Å². The molecule has 104 valence electrons. The Hall–Kier alpha value is -2.62. The van der Waals surface area contributed by atoms with Gasteiger partial charge in [0.2, 0.25) is 0 Å². The van der Waals surface area contributed by atoms with E-state index < -0.39 is 5.97 Å². The maximum atomic E-state index is 11.3. The van der Waals surface area contributed by atoms with Gasteiger partial charge in [0.05, 0.1) is 5.56 Å². The topological polar surface area (TPSA) is 74.6 Å². The average molecular weight is 272 g/mol. The molecule has 4 nitrogen and oxygen atoms in total. The Labute approximate surface area is 117 Å². The number of aromatic carboxylic acids is 1. The molecule has 0 bridgehead atoms. The number of carbonyl (C=O) groups is 2. The first kappa shape index (κ1) is 15.4. The molecule has 0 aromatic heterocycles. The summed E-state index contributed by atoms with van der Waals surface area (Å²) in [5, 5.41) is 19.3. The molecule has 0 atom stereocenters. The first-order valence-corrected chi connectivity index (χ1v) is 5.93. The lowest BCUT2D eigenvalue weighted by Crippen LogP contribution is -2.02. The third-order valence-electron chi connectivity index (χ3n) is 3.01. The van der Waals surface area contributed by atoms with Gasteiger partial charge in [0.25, 0.3) is 0 Å². The van der Waals surface area contributed by atoms with Crippen LogP contribution < -0.4 is 0 Å². The lowest BCUT2D eigenvalue weighted by Gasteiger charge is -2.11. The van der Waals surface area contributed by atoms with Crippen molar-refractivity contribution in [3.8, 4) is 16.9 Å². The van der Waals surface area contributed by atoms with Crippen molar-refractivity contribution in [2.24, 2.45) is 0 Å². The number of phenolic OH excluding ortho intramolecular Hbond substituents is 1. The Morgan fingerprint density at radius 1 is 0.950 bits per heavy atom. The number of phenols is 1. The molecule has 4 heteroatoms. The number of para-hydroxylation sites is 1. The molecule has 0 unspecified atom stereocenters. The number of benzene rings is 2. The molecular weight excluding hydrogens is 256 g/mol. The summed E-state index contributed by atoms with van der Waals surface area (Å²) >= 11 is 0. The highest BCUT2D eigenvalue weighted by Gasteiger charge is 2.16. The first-order valence-electron chi connectivity index (χ1n) is 5.93. The molecule has 0 aliphatic heterocycles. The Balaban J connectivity index is 0.000000956. The summed E-state index contributed by atoms with van der Waals surface area (Å²) in [6, 6.07) is 10.6. The second-order valence-corrected chi connectivity index (χ2v) is 4.27. The smallest absolute Gasteiger partial charge is 0.336 e. The van der Waals surface area contributed by atoms with Crippen molar-refractivity contribution in [1.82, 2.24) is 0 Å². The largest absolute Gasteiger partial charge is 0.507 e. The molecule has 2 aromatic carbocycles. The average Bonchev–Trinajstić information content (AvgIpc) is 2.43. The molecular formula is C16H16O4.